The molecule has 4 rings (SSSR count). The second kappa shape index (κ2) is 8.79. The zero-order valence-corrected chi connectivity index (χ0v) is 18.5. The van der Waals surface area contributed by atoms with Gasteiger partial charge in [0.1, 0.15) is 0 Å². The van der Waals surface area contributed by atoms with E-state index in [0.29, 0.717) is 25.1 Å². The molecule has 0 unspecified atom stereocenters. The number of nitrogens with zero attached hydrogens (tertiary/aromatic N) is 3. The molecule has 1 saturated heterocycles. The molecule has 2 heterocycles. The summed E-state index contributed by atoms with van der Waals surface area (Å²) in [4.78, 5) is 33.3. The Bertz CT molecular complexity index is 906. The fourth-order valence-corrected chi connectivity index (χ4v) is 5.35. The Kier molecular flexibility index (Phi) is 6.10. The van der Waals surface area contributed by atoms with Crippen LogP contribution in [0.15, 0.2) is 54.9 Å². The zero-order chi connectivity index (χ0) is 21.9. The van der Waals surface area contributed by atoms with Gasteiger partial charge in [-0.2, -0.15) is 0 Å². The molecule has 0 bridgehead atoms. The van der Waals surface area contributed by atoms with Crippen LogP contribution in [0.4, 0.5) is 5.69 Å². The third-order valence-corrected chi connectivity index (χ3v) is 7.26. The first kappa shape index (κ1) is 21.5. The molecule has 6 heteroatoms. The number of hydrogen-bond donors (Lipinski definition) is 1. The first-order valence-electron chi connectivity index (χ1n) is 11.1. The molecule has 1 saturated carbocycles. The number of anilines is 1. The number of carbonyl (C=O) groups excluding carboxylic acids is 2. The van der Waals surface area contributed by atoms with Gasteiger partial charge in [-0.1, -0.05) is 30.3 Å². The highest BCUT2D eigenvalue weighted by Gasteiger charge is 2.50. The van der Waals surface area contributed by atoms with Gasteiger partial charge in [-0.05, 0) is 62.9 Å². The average molecular weight is 421 g/mol. The molecule has 1 N–H and O–H groups in total. The fraction of sp³-hybridized carbons (Fsp3) is 0.480. The molecule has 1 spiro atoms. The van der Waals surface area contributed by atoms with Crippen molar-refractivity contribution in [2.75, 3.05) is 32.5 Å². The van der Waals surface area contributed by atoms with Crippen LogP contribution in [-0.4, -0.2) is 53.8 Å². The van der Waals surface area contributed by atoms with Gasteiger partial charge in [0.2, 0.25) is 11.8 Å². The maximum atomic E-state index is 12.8. The summed E-state index contributed by atoms with van der Waals surface area (Å²) in [6, 6.07) is 14.3. The van der Waals surface area contributed by atoms with E-state index < -0.39 is 0 Å². The van der Waals surface area contributed by atoms with E-state index in [1.807, 2.05) is 11.0 Å². The van der Waals surface area contributed by atoms with E-state index in [1.165, 1.54) is 5.56 Å². The molecule has 0 radical (unpaired) electrons. The number of hydrogen-bond acceptors (Lipinski definition) is 4. The normalized spacial score (nSPS) is 25.9. The van der Waals surface area contributed by atoms with E-state index in [4.69, 9.17) is 0 Å². The van der Waals surface area contributed by atoms with E-state index in [1.54, 1.807) is 18.5 Å². The molecule has 31 heavy (non-hydrogen) atoms. The standard InChI is InChI=1S/C25H32N4O2/c1-28(2)25(20-7-4-3-5-8-20)13-11-24(12-14-25)17-23(31)29(19-24)16-10-22(30)27-21-9-6-15-26-18-21/h3-9,15,18H,10-14,16-17,19H2,1-2H3,(H,27,30)/t24-,25-. The van der Waals surface area contributed by atoms with Crippen LogP contribution < -0.4 is 5.32 Å². The molecule has 2 amide bonds. The van der Waals surface area contributed by atoms with Crippen molar-refractivity contribution in [2.24, 2.45) is 5.41 Å². The Morgan fingerprint density at radius 2 is 1.84 bits per heavy atom. The number of nitrogens with one attached hydrogen (secondary N) is 1. The third-order valence-electron chi connectivity index (χ3n) is 7.26. The molecular formula is C25H32N4O2. The van der Waals surface area contributed by atoms with Gasteiger partial charge in [0.25, 0.3) is 0 Å². The minimum absolute atomic E-state index is 0.0343. The second-order valence-corrected chi connectivity index (χ2v) is 9.32. The molecule has 1 aliphatic heterocycles. The van der Waals surface area contributed by atoms with Crippen molar-refractivity contribution in [3.05, 3.63) is 60.4 Å². The summed E-state index contributed by atoms with van der Waals surface area (Å²) >= 11 is 0. The highest BCUT2D eigenvalue weighted by Crippen LogP contribution is 2.52. The Balaban J connectivity index is 1.35. The highest BCUT2D eigenvalue weighted by molar-refractivity contribution is 5.91. The Labute approximate surface area is 184 Å². The molecule has 1 aromatic heterocycles. The zero-order valence-electron chi connectivity index (χ0n) is 18.5. The van der Waals surface area contributed by atoms with E-state index in [9.17, 15) is 9.59 Å². The minimum atomic E-state index is -0.0823. The lowest BCUT2D eigenvalue weighted by atomic mass is 9.64. The molecule has 0 atom stereocenters. The average Bonchev–Trinajstić information content (AvgIpc) is 3.09. The summed E-state index contributed by atoms with van der Waals surface area (Å²) < 4.78 is 0. The van der Waals surface area contributed by atoms with Crippen LogP contribution in [-0.2, 0) is 15.1 Å². The highest BCUT2D eigenvalue weighted by atomic mass is 16.2. The molecule has 1 aromatic carbocycles. The predicted molar refractivity (Wildman–Crippen MR) is 121 cm³/mol. The number of rotatable bonds is 6. The number of carbonyl (C=O) groups is 2. The van der Waals surface area contributed by atoms with Crippen molar-refractivity contribution in [2.45, 2.75) is 44.1 Å². The molecule has 6 nitrogen and oxygen atoms in total. The SMILES string of the molecule is CN(C)[C@]1(c2ccccc2)CC[C@@]2(CC1)CC(=O)N(CCC(=O)Nc1cccnc1)C2. The summed E-state index contributed by atoms with van der Waals surface area (Å²) in [6.07, 6.45) is 8.37. The molecular weight excluding hydrogens is 388 g/mol. The third kappa shape index (κ3) is 4.49. The van der Waals surface area contributed by atoms with Crippen LogP contribution >= 0.6 is 0 Å². The first-order valence-corrected chi connectivity index (χ1v) is 11.1. The second-order valence-electron chi connectivity index (χ2n) is 9.32. The van der Waals surface area contributed by atoms with Crippen molar-refractivity contribution >= 4 is 17.5 Å². The maximum absolute atomic E-state index is 12.8. The van der Waals surface area contributed by atoms with Crippen LogP contribution in [0.5, 0.6) is 0 Å². The van der Waals surface area contributed by atoms with E-state index >= 15 is 0 Å². The van der Waals surface area contributed by atoms with Crippen molar-refractivity contribution in [3.8, 4) is 0 Å². The van der Waals surface area contributed by atoms with Crippen LogP contribution in [0, 0.1) is 5.41 Å². The minimum Gasteiger partial charge on any atom is -0.342 e. The summed E-state index contributed by atoms with van der Waals surface area (Å²) in [5.74, 6) is 0.104. The van der Waals surface area contributed by atoms with Gasteiger partial charge in [-0.3, -0.25) is 19.5 Å². The Morgan fingerprint density at radius 3 is 2.48 bits per heavy atom. The summed E-state index contributed by atoms with van der Waals surface area (Å²) in [5.41, 5.74) is 2.13. The predicted octanol–water partition coefficient (Wildman–Crippen LogP) is 3.66. The largest absolute Gasteiger partial charge is 0.342 e. The lowest BCUT2D eigenvalue weighted by molar-refractivity contribution is -0.128. The monoisotopic (exact) mass is 420 g/mol. The summed E-state index contributed by atoms with van der Waals surface area (Å²) in [7, 11) is 4.33. The van der Waals surface area contributed by atoms with Gasteiger partial charge in [0, 0.05) is 37.7 Å². The molecule has 164 valence electrons. The van der Waals surface area contributed by atoms with Crippen LogP contribution in [0.2, 0.25) is 0 Å². The van der Waals surface area contributed by atoms with Crippen LogP contribution in [0.25, 0.3) is 0 Å². The Morgan fingerprint density at radius 1 is 1.10 bits per heavy atom. The van der Waals surface area contributed by atoms with Gasteiger partial charge >= 0.3 is 0 Å². The lowest BCUT2D eigenvalue weighted by Crippen LogP contribution is -2.47. The summed E-state index contributed by atoms with van der Waals surface area (Å²) in [5, 5.41) is 2.85. The van der Waals surface area contributed by atoms with Crippen molar-refractivity contribution in [1.29, 1.82) is 0 Å². The maximum Gasteiger partial charge on any atom is 0.226 e. The van der Waals surface area contributed by atoms with Crippen molar-refractivity contribution in [1.82, 2.24) is 14.8 Å². The van der Waals surface area contributed by atoms with Gasteiger partial charge in [-0.15, -0.1) is 0 Å². The van der Waals surface area contributed by atoms with E-state index in [2.05, 4.69) is 59.6 Å². The van der Waals surface area contributed by atoms with Gasteiger partial charge in [-0.25, -0.2) is 0 Å². The topological polar surface area (TPSA) is 65.5 Å². The van der Waals surface area contributed by atoms with Gasteiger partial charge in [0.15, 0.2) is 0 Å². The quantitative estimate of drug-likeness (QED) is 0.775. The molecule has 1 aliphatic carbocycles. The number of benzene rings is 1. The van der Waals surface area contributed by atoms with Crippen LogP contribution in [0.1, 0.15) is 44.1 Å². The molecule has 2 aliphatic rings. The Hall–Kier alpha value is -2.73. The van der Waals surface area contributed by atoms with Gasteiger partial charge < -0.3 is 10.2 Å². The van der Waals surface area contributed by atoms with Gasteiger partial charge in [0.05, 0.1) is 11.9 Å². The smallest absolute Gasteiger partial charge is 0.226 e. The number of pyridine rings is 1. The number of aromatic nitrogens is 1. The summed E-state index contributed by atoms with van der Waals surface area (Å²) in [6.45, 7) is 1.24. The number of likely N-dealkylation sites (tertiary alicyclic amines) is 1. The lowest BCUT2D eigenvalue weighted by Gasteiger charge is -2.48. The molecule has 2 aromatic rings. The fourth-order valence-electron chi connectivity index (χ4n) is 5.35. The van der Waals surface area contributed by atoms with E-state index in [-0.39, 0.29) is 22.8 Å². The van der Waals surface area contributed by atoms with Crippen molar-refractivity contribution < 1.29 is 9.59 Å². The first-order chi connectivity index (χ1) is 14.9. The molecule has 2 fully saturated rings. The van der Waals surface area contributed by atoms with Crippen LogP contribution in [0.3, 0.4) is 0 Å². The van der Waals surface area contributed by atoms with E-state index in [0.717, 1.165) is 32.2 Å². The van der Waals surface area contributed by atoms with Crippen molar-refractivity contribution in [3.63, 3.8) is 0 Å². The number of amides is 2.